The molecule has 0 saturated carbocycles. The number of para-hydroxylation sites is 2. The summed E-state index contributed by atoms with van der Waals surface area (Å²) < 4.78 is 25.1. The average Bonchev–Trinajstić information content (AvgIpc) is 2.94. The molecule has 0 spiro atoms. The first-order chi connectivity index (χ1) is 18.6. The third-order valence-electron chi connectivity index (χ3n) is 6.57. The summed E-state index contributed by atoms with van der Waals surface area (Å²) in [6, 6.07) is 20.5. The van der Waals surface area contributed by atoms with Crippen molar-refractivity contribution >= 4 is 23.6 Å². The number of anilines is 1. The molecule has 7 nitrogen and oxygen atoms in total. The summed E-state index contributed by atoms with van der Waals surface area (Å²) in [4.78, 5) is 29.9. The number of fused-ring (bicyclic) bond motifs is 1. The minimum absolute atomic E-state index is 0.133. The van der Waals surface area contributed by atoms with Crippen LogP contribution >= 0.6 is 0 Å². The summed E-state index contributed by atoms with van der Waals surface area (Å²) in [5.74, 6) is -0.113. The third kappa shape index (κ3) is 6.27. The van der Waals surface area contributed by atoms with Gasteiger partial charge in [0.05, 0.1) is 25.4 Å². The van der Waals surface area contributed by atoms with Crippen molar-refractivity contribution in [3.05, 3.63) is 101 Å². The highest BCUT2D eigenvalue weighted by Gasteiger charge is 2.30. The number of carbonyl (C=O) groups is 2. The standard InChI is InChI=1S/C30H30FN3O4/c31-25-6-3-5-23(19-25)21-34-26-7-1-2-8-27(26)38-28(30(34)36)20-22-9-11-24(12-10-22)29(35)32-13-4-14-33-15-17-37-18-16-33/h1-3,5-12,19-20H,4,13-18,21H2,(H,32,35). The number of rotatable bonds is 8. The van der Waals surface area contributed by atoms with E-state index in [2.05, 4.69) is 10.2 Å². The largest absolute Gasteiger partial charge is 0.449 e. The van der Waals surface area contributed by atoms with Gasteiger partial charge in [0.2, 0.25) is 0 Å². The third-order valence-corrected chi connectivity index (χ3v) is 6.57. The lowest BCUT2D eigenvalue weighted by Gasteiger charge is -2.30. The molecule has 38 heavy (non-hydrogen) atoms. The number of morpholine rings is 1. The highest BCUT2D eigenvalue weighted by Crippen LogP contribution is 2.36. The van der Waals surface area contributed by atoms with Gasteiger partial charge in [-0.25, -0.2) is 4.39 Å². The van der Waals surface area contributed by atoms with Crippen molar-refractivity contribution in [2.45, 2.75) is 13.0 Å². The maximum atomic E-state index is 13.8. The van der Waals surface area contributed by atoms with E-state index in [1.807, 2.05) is 12.1 Å². The van der Waals surface area contributed by atoms with Gasteiger partial charge in [-0.1, -0.05) is 36.4 Å². The summed E-state index contributed by atoms with van der Waals surface area (Å²) in [6.07, 6.45) is 2.53. The minimum atomic E-state index is -0.353. The normalized spacial score (nSPS) is 16.7. The molecule has 0 bridgehead atoms. The van der Waals surface area contributed by atoms with Crippen molar-refractivity contribution < 1.29 is 23.5 Å². The summed E-state index contributed by atoms with van der Waals surface area (Å²) >= 11 is 0. The molecule has 2 amide bonds. The van der Waals surface area contributed by atoms with Crippen LogP contribution in [0.4, 0.5) is 10.1 Å². The lowest BCUT2D eigenvalue weighted by atomic mass is 10.1. The Morgan fingerprint density at radius 2 is 1.79 bits per heavy atom. The number of hydrogen-bond acceptors (Lipinski definition) is 5. The second-order valence-electron chi connectivity index (χ2n) is 9.29. The molecule has 2 aliphatic rings. The molecule has 0 aliphatic carbocycles. The van der Waals surface area contributed by atoms with Gasteiger partial charge in [-0.15, -0.1) is 0 Å². The number of carbonyl (C=O) groups excluding carboxylic acids is 2. The van der Waals surface area contributed by atoms with Gasteiger partial charge in [0, 0.05) is 25.2 Å². The lowest BCUT2D eigenvalue weighted by molar-refractivity contribution is -0.117. The Kier molecular flexibility index (Phi) is 8.11. The molecule has 0 radical (unpaired) electrons. The van der Waals surface area contributed by atoms with Crippen molar-refractivity contribution in [3.8, 4) is 5.75 Å². The monoisotopic (exact) mass is 515 g/mol. The van der Waals surface area contributed by atoms with Crippen LogP contribution in [0.3, 0.4) is 0 Å². The Labute approximate surface area is 221 Å². The first-order valence-corrected chi connectivity index (χ1v) is 12.8. The summed E-state index contributed by atoms with van der Waals surface area (Å²) in [5, 5.41) is 2.97. The van der Waals surface area contributed by atoms with Crippen LogP contribution < -0.4 is 15.0 Å². The van der Waals surface area contributed by atoms with E-state index in [-0.39, 0.29) is 29.9 Å². The fraction of sp³-hybridized carbons (Fsp3) is 0.267. The van der Waals surface area contributed by atoms with E-state index >= 15 is 0 Å². The minimum Gasteiger partial charge on any atom is -0.449 e. The van der Waals surface area contributed by atoms with Crippen molar-refractivity contribution in [2.75, 3.05) is 44.3 Å². The van der Waals surface area contributed by atoms with Crippen LogP contribution in [0.15, 0.2) is 78.6 Å². The molecule has 2 aliphatic heterocycles. The van der Waals surface area contributed by atoms with Gasteiger partial charge >= 0.3 is 0 Å². The predicted molar refractivity (Wildman–Crippen MR) is 143 cm³/mol. The zero-order valence-electron chi connectivity index (χ0n) is 21.1. The van der Waals surface area contributed by atoms with E-state index in [1.54, 1.807) is 59.5 Å². The molecule has 2 heterocycles. The van der Waals surface area contributed by atoms with Crippen LogP contribution in [-0.4, -0.2) is 56.1 Å². The predicted octanol–water partition coefficient (Wildman–Crippen LogP) is 4.24. The molecule has 1 N–H and O–H groups in total. The number of benzene rings is 3. The van der Waals surface area contributed by atoms with Gasteiger partial charge in [0.25, 0.3) is 11.8 Å². The quantitative estimate of drug-likeness (QED) is 0.359. The Balaban J connectivity index is 1.24. The second kappa shape index (κ2) is 12.0. The number of amides is 2. The van der Waals surface area contributed by atoms with Crippen LogP contribution in [0.5, 0.6) is 5.75 Å². The Morgan fingerprint density at radius 1 is 1.00 bits per heavy atom. The fourth-order valence-corrected chi connectivity index (χ4v) is 4.55. The van der Waals surface area contributed by atoms with Gasteiger partial charge in [-0.3, -0.25) is 19.4 Å². The van der Waals surface area contributed by atoms with E-state index in [4.69, 9.17) is 9.47 Å². The lowest BCUT2D eigenvalue weighted by Crippen LogP contribution is -2.38. The molecular weight excluding hydrogens is 485 g/mol. The van der Waals surface area contributed by atoms with Gasteiger partial charge in [-0.2, -0.15) is 0 Å². The highest BCUT2D eigenvalue weighted by molar-refractivity contribution is 6.09. The SMILES string of the molecule is O=C(NCCCN1CCOCC1)c1ccc(C=C2Oc3ccccc3N(Cc3cccc(F)c3)C2=O)cc1. The molecule has 1 saturated heterocycles. The number of nitrogens with one attached hydrogen (secondary N) is 1. The molecule has 3 aromatic rings. The molecule has 3 aromatic carbocycles. The smallest absolute Gasteiger partial charge is 0.294 e. The van der Waals surface area contributed by atoms with Crippen LogP contribution in [0.1, 0.15) is 27.9 Å². The van der Waals surface area contributed by atoms with E-state index in [0.717, 1.165) is 44.8 Å². The van der Waals surface area contributed by atoms with Gasteiger partial charge < -0.3 is 14.8 Å². The Morgan fingerprint density at radius 3 is 2.58 bits per heavy atom. The molecule has 0 atom stereocenters. The first kappa shape index (κ1) is 25.6. The van der Waals surface area contributed by atoms with Gasteiger partial charge in [0.1, 0.15) is 5.82 Å². The molecule has 0 unspecified atom stereocenters. The Hall–Kier alpha value is -4.01. The summed E-state index contributed by atoms with van der Waals surface area (Å²) in [6.45, 7) is 5.15. The summed E-state index contributed by atoms with van der Waals surface area (Å²) in [7, 11) is 0. The number of hydrogen-bond donors (Lipinski definition) is 1. The topological polar surface area (TPSA) is 71.1 Å². The number of nitrogens with zero attached hydrogens (tertiary/aromatic N) is 2. The molecule has 1 fully saturated rings. The molecule has 8 heteroatoms. The van der Waals surface area contributed by atoms with E-state index in [9.17, 15) is 14.0 Å². The maximum Gasteiger partial charge on any atom is 0.294 e. The van der Waals surface area contributed by atoms with Crippen molar-refractivity contribution in [1.82, 2.24) is 10.2 Å². The first-order valence-electron chi connectivity index (χ1n) is 12.8. The van der Waals surface area contributed by atoms with Crippen LogP contribution in [0.2, 0.25) is 0 Å². The van der Waals surface area contributed by atoms with E-state index < -0.39 is 0 Å². The maximum absolute atomic E-state index is 13.8. The van der Waals surface area contributed by atoms with Gasteiger partial charge in [0.15, 0.2) is 11.5 Å². The number of halogens is 1. The molecule has 196 valence electrons. The van der Waals surface area contributed by atoms with Crippen molar-refractivity contribution in [2.24, 2.45) is 0 Å². The fourth-order valence-electron chi connectivity index (χ4n) is 4.55. The average molecular weight is 516 g/mol. The van der Waals surface area contributed by atoms with Gasteiger partial charge in [-0.05, 0) is 66.6 Å². The zero-order valence-corrected chi connectivity index (χ0v) is 21.1. The molecule has 5 rings (SSSR count). The van der Waals surface area contributed by atoms with Crippen molar-refractivity contribution in [1.29, 1.82) is 0 Å². The zero-order chi connectivity index (χ0) is 26.3. The Bertz CT molecular complexity index is 1320. The number of ether oxygens (including phenoxy) is 2. The van der Waals surface area contributed by atoms with E-state index in [0.29, 0.717) is 29.1 Å². The summed E-state index contributed by atoms with van der Waals surface area (Å²) in [5.41, 5.74) is 2.57. The molecular formula is C30H30FN3O4. The van der Waals surface area contributed by atoms with Crippen LogP contribution in [0.25, 0.3) is 6.08 Å². The van der Waals surface area contributed by atoms with E-state index in [1.165, 1.54) is 12.1 Å². The van der Waals surface area contributed by atoms with Crippen molar-refractivity contribution in [3.63, 3.8) is 0 Å². The van der Waals surface area contributed by atoms with Crippen LogP contribution in [-0.2, 0) is 16.1 Å². The molecule has 0 aromatic heterocycles. The highest BCUT2D eigenvalue weighted by atomic mass is 19.1. The van der Waals surface area contributed by atoms with Crippen LogP contribution in [0, 0.1) is 5.82 Å². The second-order valence-corrected chi connectivity index (χ2v) is 9.29.